The molecular formula is C10H15N3O. The van der Waals surface area contributed by atoms with E-state index in [1.54, 1.807) is 13.2 Å². The van der Waals surface area contributed by atoms with Crippen molar-refractivity contribution in [1.82, 2.24) is 9.99 Å². The quantitative estimate of drug-likeness (QED) is 0.394. The molecule has 4 heteroatoms. The maximum atomic E-state index is 10.0. The molecule has 0 bridgehead atoms. The minimum absolute atomic E-state index is 0.726. The van der Waals surface area contributed by atoms with E-state index >= 15 is 0 Å². The molecule has 1 aromatic heterocycles. The largest absolute Gasteiger partial charge is 0.264 e. The molecule has 14 heavy (non-hydrogen) atoms. The Hall–Kier alpha value is -1.45. The Morgan fingerprint density at radius 2 is 2.36 bits per heavy atom. The van der Waals surface area contributed by atoms with E-state index < -0.39 is 0 Å². The highest BCUT2D eigenvalue weighted by atomic mass is 16.3. The topological polar surface area (TPSA) is 45.6 Å². The van der Waals surface area contributed by atoms with Crippen molar-refractivity contribution in [2.75, 3.05) is 13.6 Å². The molecule has 0 fully saturated rings. The maximum absolute atomic E-state index is 10.0. The fraction of sp³-hybridized carbons (Fsp3) is 0.500. The standard InChI is InChI=1S/C10H15N3O/c1-13(12-14)8-3-2-5-10-6-4-7-11-9-10/h4,6-7,9H,2-3,5,8H2,1H3. The van der Waals surface area contributed by atoms with Crippen molar-refractivity contribution in [1.29, 1.82) is 0 Å². The summed E-state index contributed by atoms with van der Waals surface area (Å²) < 4.78 is 0. The zero-order valence-electron chi connectivity index (χ0n) is 8.39. The van der Waals surface area contributed by atoms with Crippen LogP contribution in [0.5, 0.6) is 0 Å². The predicted molar refractivity (Wildman–Crippen MR) is 55.6 cm³/mol. The Morgan fingerprint density at radius 1 is 1.50 bits per heavy atom. The average molecular weight is 193 g/mol. The number of nitroso groups, excluding NO2 is 1. The molecule has 0 radical (unpaired) electrons. The van der Waals surface area contributed by atoms with Crippen LogP contribution in [0.3, 0.4) is 0 Å². The van der Waals surface area contributed by atoms with Crippen LogP contribution in [0.1, 0.15) is 18.4 Å². The summed E-state index contributed by atoms with van der Waals surface area (Å²) in [7, 11) is 1.69. The van der Waals surface area contributed by atoms with Gasteiger partial charge < -0.3 is 0 Å². The number of nitrogens with zero attached hydrogens (tertiary/aromatic N) is 3. The minimum Gasteiger partial charge on any atom is -0.264 e. The lowest BCUT2D eigenvalue weighted by atomic mass is 10.1. The van der Waals surface area contributed by atoms with E-state index in [0.29, 0.717) is 0 Å². The summed E-state index contributed by atoms with van der Waals surface area (Å²) in [6.07, 6.45) is 6.71. The van der Waals surface area contributed by atoms with E-state index in [1.165, 1.54) is 10.6 Å². The lowest BCUT2D eigenvalue weighted by Crippen LogP contribution is -2.11. The lowest BCUT2D eigenvalue weighted by Gasteiger charge is -2.07. The highest BCUT2D eigenvalue weighted by Gasteiger charge is 1.95. The number of hydrogen-bond acceptors (Lipinski definition) is 3. The first-order valence-electron chi connectivity index (χ1n) is 4.76. The van der Waals surface area contributed by atoms with Crippen LogP contribution >= 0.6 is 0 Å². The summed E-state index contributed by atoms with van der Waals surface area (Å²) in [4.78, 5) is 14.1. The average Bonchev–Trinajstić information content (AvgIpc) is 2.25. The number of pyridine rings is 1. The zero-order valence-corrected chi connectivity index (χ0v) is 8.39. The van der Waals surface area contributed by atoms with Gasteiger partial charge in [0.15, 0.2) is 0 Å². The molecule has 4 nitrogen and oxygen atoms in total. The van der Waals surface area contributed by atoms with E-state index in [9.17, 15) is 4.91 Å². The summed E-state index contributed by atoms with van der Waals surface area (Å²) >= 11 is 0. The third-order valence-electron chi connectivity index (χ3n) is 2.06. The lowest BCUT2D eigenvalue weighted by molar-refractivity contribution is 0.339. The van der Waals surface area contributed by atoms with E-state index in [1.807, 2.05) is 12.3 Å². The van der Waals surface area contributed by atoms with Gasteiger partial charge in [-0.1, -0.05) is 6.07 Å². The highest BCUT2D eigenvalue weighted by Crippen LogP contribution is 2.03. The number of hydrogen-bond donors (Lipinski definition) is 0. The monoisotopic (exact) mass is 193 g/mol. The predicted octanol–water partition coefficient (Wildman–Crippen LogP) is 2.02. The first-order chi connectivity index (χ1) is 6.83. The summed E-state index contributed by atoms with van der Waals surface area (Å²) in [5.41, 5.74) is 1.24. The summed E-state index contributed by atoms with van der Waals surface area (Å²) in [5.74, 6) is 0. The van der Waals surface area contributed by atoms with Gasteiger partial charge in [0.25, 0.3) is 0 Å². The second kappa shape index (κ2) is 6.07. The van der Waals surface area contributed by atoms with Gasteiger partial charge in [-0.05, 0) is 30.9 Å². The van der Waals surface area contributed by atoms with E-state index in [-0.39, 0.29) is 0 Å². The van der Waals surface area contributed by atoms with Crippen molar-refractivity contribution >= 4 is 0 Å². The summed E-state index contributed by atoms with van der Waals surface area (Å²) in [5, 5.41) is 4.22. The molecule has 0 unspecified atom stereocenters. The first kappa shape index (κ1) is 10.6. The van der Waals surface area contributed by atoms with Crippen LogP contribution in [0, 0.1) is 4.91 Å². The number of aromatic nitrogens is 1. The molecule has 1 rings (SSSR count). The molecule has 0 saturated heterocycles. The maximum Gasteiger partial charge on any atom is 0.0521 e. The van der Waals surface area contributed by atoms with Crippen LogP contribution in [0.4, 0.5) is 0 Å². The highest BCUT2D eigenvalue weighted by molar-refractivity contribution is 5.08. The van der Waals surface area contributed by atoms with Crippen LogP contribution in [-0.2, 0) is 6.42 Å². The molecule has 0 aliphatic heterocycles. The Kier molecular flexibility index (Phi) is 4.61. The Balaban J connectivity index is 2.13. The van der Waals surface area contributed by atoms with Gasteiger partial charge in [-0.3, -0.25) is 9.99 Å². The van der Waals surface area contributed by atoms with Gasteiger partial charge in [-0.25, -0.2) is 0 Å². The molecule has 76 valence electrons. The number of unbranched alkanes of at least 4 members (excludes halogenated alkanes) is 1. The second-order valence-electron chi connectivity index (χ2n) is 3.28. The van der Waals surface area contributed by atoms with Crippen LogP contribution in [0.25, 0.3) is 0 Å². The van der Waals surface area contributed by atoms with Gasteiger partial charge in [0.1, 0.15) is 0 Å². The first-order valence-corrected chi connectivity index (χ1v) is 4.76. The molecule has 1 heterocycles. The van der Waals surface area contributed by atoms with Crippen molar-refractivity contribution < 1.29 is 0 Å². The van der Waals surface area contributed by atoms with Crippen molar-refractivity contribution in [3.05, 3.63) is 35.0 Å². The van der Waals surface area contributed by atoms with Gasteiger partial charge in [0, 0.05) is 26.0 Å². The molecular weight excluding hydrogens is 178 g/mol. The molecule has 0 aromatic carbocycles. The fourth-order valence-corrected chi connectivity index (χ4v) is 1.26. The summed E-state index contributed by atoms with van der Waals surface area (Å²) in [6.45, 7) is 0.726. The third kappa shape index (κ3) is 3.98. The van der Waals surface area contributed by atoms with E-state index in [0.717, 1.165) is 25.8 Å². The number of aryl methyl sites for hydroxylation is 1. The molecule has 0 atom stereocenters. The molecule has 0 saturated carbocycles. The third-order valence-corrected chi connectivity index (χ3v) is 2.06. The molecule has 0 aliphatic rings. The van der Waals surface area contributed by atoms with Crippen molar-refractivity contribution in [3.63, 3.8) is 0 Å². The molecule has 0 aliphatic carbocycles. The Morgan fingerprint density at radius 3 is 3.00 bits per heavy atom. The van der Waals surface area contributed by atoms with Crippen molar-refractivity contribution in [2.45, 2.75) is 19.3 Å². The molecule has 0 amide bonds. The van der Waals surface area contributed by atoms with E-state index in [4.69, 9.17) is 0 Å². The normalized spacial score (nSPS) is 9.79. The Bertz CT molecular complexity index is 263. The van der Waals surface area contributed by atoms with E-state index in [2.05, 4.69) is 16.3 Å². The smallest absolute Gasteiger partial charge is 0.0521 e. The van der Waals surface area contributed by atoms with Crippen LogP contribution in [0.15, 0.2) is 29.8 Å². The van der Waals surface area contributed by atoms with Crippen LogP contribution in [0.2, 0.25) is 0 Å². The van der Waals surface area contributed by atoms with Crippen LogP contribution in [-0.4, -0.2) is 23.6 Å². The molecule has 0 spiro atoms. The fourth-order valence-electron chi connectivity index (χ4n) is 1.26. The Labute approximate surface area is 83.9 Å². The second-order valence-corrected chi connectivity index (χ2v) is 3.28. The minimum atomic E-state index is 0.726. The van der Waals surface area contributed by atoms with Gasteiger partial charge in [-0.15, -0.1) is 4.91 Å². The van der Waals surface area contributed by atoms with Crippen LogP contribution < -0.4 is 0 Å². The van der Waals surface area contributed by atoms with Gasteiger partial charge in [0.2, 0.25) is 0 Å². The summed E-state index contributed by atoms with van der Waals surface area (Å²) in [6, 6.07) is 4.00. The van der Waals surface area contributed by atoms with Gasteiger partial charge >= 0.3 is 0 Å². The zero-order chi connectivity index (χ0) is 10.2. The van der Waals surface area contributed by atoms with Gasteiger partial charge in [0.05, 0.1) is 5.29 Å². The molecule has 0 N–H and O–H groups in total. The van der Waals surface area contributed by atoms with Crippen molar-refractivity contribution in [2.24, 2.45) is 5.29 Å². The van der Waals surface area contributed by atoms with Gasteiger partial charge in [-0.2, -0.15) is 0 Å². The number of rotatable bonds is 6. The van der Waals surface area contributed by atoms with Crippen molar-refractivity contribution in [3.8, 4) is 0 Å². The molecule has 1 aromatic rings. The SMILES string of the molecule is CN(CCCCc1cccnc1)N=O.